The van der Waals surface area contributed by atoms with Gasteiger partial charge in [0.2, 0.25) is 0 Å². The van der Waals surface area contributed by atoms with Gasteiger partial charge >= 0.3 is 0 Å². The van der Waals surface area contributed by atoms with Crippen LogP contribution in [-0.4, -0.2) is 15.3 Å². The Labute approximate surface area is 97.4 Å². The maximum atomic E-state index is 10.9. The lowest BCUT2D eigenvalue weighted by Gasteiger charge is -2.14. The van der Waals surface area contributed by atoms with E-state index in [1.807, 2.05) is 31.4 Å². The Balaban J connectivity index is 3.18. The van der Waals surface area contributed by atoms with E-state index in [0.29, 0.717) is 21.7 Å². The molecule has 4 heteroatoms. The van der Waals surface area contributed by atoms with Gasteiger partial charge in [0.1, 0.15) is 0 Å². The van der Waals surface area contributed by atoms with E-state index in [9.17, 15) is 4.21 Å². The van der Waals surface area contributed by atoms with E-state index < -0.39 is 0 Å². The van der Waals surface area contributed by atoms with Crippen LogP contribution in [-0.2, 0) is 11.3 Å². The summed E-state index contributed by atoms with van der Waals surface area (Å²) < 4.78 is 10.9. The molecule has 0 saturated heterocycles. The molecule has 1 aliphatic rings. The molecule has 15 heavy (non-hydrogen) atoms. The minimum absolute atomic E-state index is 0.157. The fourth-order valence-corrected chi connectivity index (χ4v) is 2.15. The van der Waals surface area contributed by atoms with Gasteiger partial charge < -0.3 is 0 Å². The van der Waals surface area contributed by atoms with Gasteiger partial charge in [-0.3, -0.25) is 0 Å². The van der Waals surface area contributed by atoms with Crippen molar-refractivity contribution in [1.29, 1.82) is 5.26 Å². The summed E-state index contributed by atoms with van der Waals surface area (Å²) in [5.74, 6) is -0.157. The molecule has 0 radical (unpaired) electrons. The second-order valence-corrected chi connectivity index (χ2v) is 4.65. The Morgan fingerprint density at radius 2 is 2.27 bits per heavy atom. The average Bonchev–Trinajstić information content (AvgIpc) is 2.30. The van der Waals surface area contributed by atoms with Crippen LogP contribution in [0.2, 0.25) is 0 Å². The number of hydrogen-bond donors (Lipinski definition) is 0. The first-order valence-electron chi connectivity index (χ1n) is 4.41. The van der Waals surface area contributed by atoms with Crippen molar-refractivity contribution >= 4 is 27.9 Å². The lowest BCUT2D eigenvalue weighted by Crippen LogP contribution is -2.14. The van der Waals surface area contributed by atoms with E-state index in [1.54, 1.807) is 6.08 Å². The Morgan fingerprint density at radius 1 is 1.53 bits per heavy atom. The average molecular weight is 237 g/mol. The molecular formula is C11H11NOS2. The zero-order valence-corrected chi connectivity index (χ0v) is 10.2. The lowest BCUT2D eigenvalue weighted by molar-refractivity contribution is 0.700. The van der Waals surface area contributed by atoms with E-state index in [4.69, 9.17) is 5.26 Å². The molecule has 0 N–H and O–H groups in total. The van der Waals surface area contributed by atoms with Gasteiger partial charge in [-0.25, -0.2) is 4.21 Å². The maximum Gasteiger partial charge on any atom is 0.0965 e. The van der Waals surface area contributed by atoms with Crippen LogP contribution in [0.3, 0.4) is 0 Å². The van der Waals surface area contributed by atoms with E-state index >= 15 is 0 Å². The van der Waals surface area contributed by atoms with Gasteiger partial charge in [0.15, 0.2) is 0 Å². The molecule has 1 aliphatic carbocycles. The molecule has 0 saturated carbocycles. The van der Waals surface area contributed by atoms with Gasteiger partial charge in [0.25, 0.3) is 0 Å². The molecule has 1 unspecified atom stereocenters. The number of allylic oxidation sites excluding steroid dienone is 6. The molecule has 78 valence electrons. The Morgan fingerprint density at radius 3 is 2.80 bits per heavy atom. The van der Waals surface area contributed by atoms with Gasteiger partial charge in [-0.1, -0.05) is 18.2 Å². The van der Waals surface area contributed by atoms with Crippen LogP contribution >= 0.6 is 11.8 Å². The van der Waals surface area contributed by atoms with E-state index in [1.165, 1.54) is 11.8 Å². The largest absolute Gasteiger partial charge is 0.212 e. The van der Waals surface area contributed by atoms with Gasteiger partial charge in [-0.05, 0) is 24.2 Å². The number of rotatable bonds is 2. The van der Waals surface area contributed by atoms with Crippen molar-refractivity contribution < 1.29 is 4.21 Å². The Hall–Kier alpha value is -1.05. The van der Waals surface area contributed by atoms with Crippen molar-refractivity contribution in [3.8, 4) is 6.07 Å². The topological polar surface area (TPSA) is 40.9 Å². The third-order valence-corrected chi connectivity index (χ3v) is 3.61. The van der Waals surface area contributed by atoms with E-state index in [2.05, 4.69) is 6.07 Å². The summed E-state index contributed by atoms with van der Waals surface area (Å²) >= 11 is 2.00. The second kappa shape index (κ2) is 5.74. The molecule has 1 atom stereocenters. The SMILES string of the molecule is CSC(C)=C(C#N)C1C=CC=CC1=S=O. The van der Waals surface area contributed by atoms with Crippen molar-refractivity contribution in [2.24, 2.45) is 5.92 Å². The Bertz CT molecular complexity index is 434. The van der Waals surface area contributed by atoms with Crippen LogP contribution in [0.15, 0.2) is 34.8 Å². The van der Waals surface area contributed by atoms with Crippen molar-refractivity contribution in [2.45, 2.75) is 6.92 Å². The minimum Gasteiger partial charge on any atom is -0.212 e. The minimum atomic E-state index is -0.157. The van der Waals surface area contributed by atoms with Crippen LogP contribution in [0.4, 0.5) is 0 Å². The molecule has 0 amide bonds. The summed E-state index contributed by atoms with van der Waals surface area (Å²) in [6, 6.07) is 2.19. The molecule has 2 nitrogen and oxygen atoms in total. The fourth-order valence-electron chi connectivity index (χ4n) is 1.32. The predicted octanol–water partition coefficient (Wildman–Crippen LogP) is 2.27. The number of nitrogens with zero attached hydrogens (tertiary/aromatic N) is 1. The highest BCUT2D eigenvalue weighted by Gasteiger charge is 2.19. The Kier molecular flexibility index (Phi) is 4.60. The molecule has 0 heterocycles. The van der Waals surface area contributed by atoms with Gasteiger partial charge in [-0.2, -0.15) is 5.26 Å². The molecule has 0 aromatic rings. The molecular weight excluding hydrogens is 226 g/mol. The highest BCUT2D eigenvalue weighted by atomic mass is 32.2. The van der Waals surface area contributed by atoms with E-state index in [0.717, 1.165) is 4.91 Å². The zero-order chi connectivity index (χ0) is 11.3. The van der Waals surface area contributed by atoms with Crippen molar-refractivity contribution in [1.82, 2.24) is 0 Å². The summed E-state index contributed by atoms with van der Waals surface area (Å²) in [5.41, 5.74) is 0.668. The van der Waals surface area contributed by atoms with Crippen LogP contribution in [0, 0.1) is 17.2 Å². The standard InChI is InChI=1S/C11H11NOS2/c1-8(14-2)10(7-12)9-5-3-4-6-11(9)15-13/h3-6,9H,1-2H3. The fraction of sp³-hybridized carbons (Fsp3) is 0.273. The second-order valence-electron chi connectivity index (χ2n) is 2.99. The molecule has 0 fully saturated rings. The van der Waals surface area contributed by atoms with Crippen LogP contribution in [0.25, 0.3) is 0 Å². The van der Waals surface area contributed by atoms with Gasteiger partial charge in [0.05, 0.1) is 33.7 Å². The van der Waals surface area contributed by atoms with Crippen LogP contribution in [0.5, 0.6) is 0 Å². The van der Waals surface area contributed by atoms with Crippen LogP contribution < -0.4 is 0 Å². The summed E-state index contributed by atoms with van der Waals surface area (Å²) in [6.45, 7) is 1.91. The normalized spacial score (nSPS) is 20.9. The molecule has 0 aliphatic heterocycles. The highest BCUT2D eigenvalue weighted by Crippen LogP contribution is 2.25. The third kappa shape index (κ3) is 2.71. The first kappa shape index (κ1) is 12.0. The summed E-state index contributed by atoms with van der Waals surface area (Å²) in [4.78, 5) is 1.65. The number of hydrogen-bond acceptors (Lipinski definition) is 3. The first-order valence-corrected chi connectivity index (χ1v) is 6.37. The quantitative estimate of drug-likeness (QED) is 0.546. The maximum absolute atomic E-state index is 10.9. The molecule has 1 rings (SSSR count). The number of thioether (sulfide) groups is 1. The molecule has 0 bridgehead atoms. The first-order chi connectivity index (χ1) is 7.24. The van der Waals surface area contributed by atoms with Crippen molar-refractivity contribution in [3.63, 3.8) is 0 Å². The monoisotopic (exact) mass is 237 g/mol. The van der Waals surface area contributed by atoms with Gasteiger partial charge in [0, 0.05) is 0 Å². The van der Waals surface area contributed by atoms with Gasteiger partial charge in [-0.15, -0.1) is 11.8 Å². The predicted molar refractivity (Wildman–Crippen MR) is 66.7 cm³/mol. The molecule has 0 aromatic heterocycles. The van der Waals surface area contributed by atoms with Crippen molar-refractivity contribution in [2.75, 3.05) is 6.26 Å². The molecule has 0 aromatic carbocycles. The summed E-state index contributed by atoms with van der Waals surface area (Å²) in [5, 5.41) is 9.09. The zero-order valence-electron chi connectivity index (χ0n) is 8.56. The summed E-state index contributed by atoms with van der Waals surface area (Å²) in [6.07, 6.45) is 9.28. The lowest BCUT2D eigenvalue weighted by atomic mass is 9.92. The highest BCUT2D eigenvalue weighted by molar-refractivity contribution is 8.02. The van der Waals surface area contributed by atoms with Crippen LogP contribution in [0.1, 0.15) is 6.92 Å². The summed E-state index contributed by atoms with van der Waals surface area (Å²) in [7, 11) is 0. The van der Waals surface area contributed by atoms with E-state index in [-0.39, 0.29) is 5.92 Å². The van der Waals surface area contributed by atoms with Crippen molar-refractivity contribution in [3.05, 3.63) is 34.8 Å². The third-order valence-electron chi connectivity index (χ3n) is 2.19. The smallest absolute Gasteiger partial charge is 0.0965 e. The molecule has 0 spiro atoms. The number of nitriles is 1.